The molecule has 222 valence electrons. The van der Waals surface area contributed by atoms with Crippen molar-refractivity contribution in [3.63, 3.8) is 0 Å². The maximum absolute atomic E-state index is 12.8. The molecule has 1 spiro atoms. The molecule has 12 heteroatoms. The van der Waals surface area contributed by atoms with E-state index in [1.807, 2.05) is 24.1 Å². The van der Waals surface area contributed by atoms with Crippen LogP contribution in [0.3, 0.4) is 0 Å². The quantitative estimate of drug-likeness (QED) is 0.300. The van der Waals surface area contributed by atoms with Gasteiger partial charge in [-0.2, -0.15) is 0 Å². The van der Waals surface area contributed by atoms with Crippen LogP contribution < -0.4 is 15.1 Å². The summed E-state index contributed by atoms with van der Waals surface area (Å²) in [5, 5.41) is 28.0. The second-order valence-corrected chi connectivity index (χ2v) is 12.4. The molecule has 0 saturated carbocycles. The Kier molecular flexibility index (Phi) is 6.27. The first-order valence-electron chi connectivity index (χ1n) is 14.5. The van der Waals surface area contributed by atoms with Gasteiger partial charge in [0.05, 0.1) is 24.0 Å². The number of nitrogens with one attached hydrogen (secondary N) is 1. The zero-order valence-electron chi connectivity index (χ0n) is 24.1. The Labute approximate surface area is 248 Å². The number of rotatable bonds is 7. The summed E-state index contributed by atoms with van der Waals surface area (Å²) in [6.07, 6.45) is 1.97. The van der Waals surface area contributed by atoms with Crippen molar-refractivity contribution in [2.45, 2.75) is 37.3 Å². The molecule has 2 amide bonds. The normalized spacial score (nSPS) is 21.8. The summed E-state index contributed by atoms with van der Waals surface area (Å²) >= 11 is 0. The summed E-state index contributed by atoms with van der Waals surface area (Å²) in [4.78, 5) is 38.8. The van der Waals surface area contributed by atoms with E-state index < -0.39 is 17.6 Å². The minimum atomic E-state index is -1.08. The number of fused-ring (bicyclic) bond motifs is 1. The van der Waals surface area contributed by atoms with Gasteiger partial charge in [0.25, 0.3) is 0 Å². The van der Waals surface area contributed by atoms with Crippen LogP contribution in [-0.2, 0) is 5.41 Å². The smallest absolute Gasteiger partial charge is 0.354 e. The number of aromatic nitrogens is 4. The first-order valence-corrected chi connectivity index (χ1v) is 14.5. The number of aromatic carboxylic acids is 1. The number of aliphatic hydroxyl groups is 1. The van der Waals surface area contributed by atoms with Crippen molar-refractivity contribution in [1.82, 2.24) is 29.8 Å². The largest absolute Gasteiger partial charge is 0.477 e. The maximum Gasteiger partial charge on any atom is 0.354 e. The van der Waals surface area contributed by atoms with Crippen LogP contribution in [0.5, 0.6) is 0 Å². The number of anilines is 2. The lowest BCUT2D eigenvalue weighted by Crippen LogP contribution is -2.69. The van der Waals surface area contributed by atoms with Crippen LogP contribution in [0.1, 0.15) is 46.9 Å². The minimum absolute atomic E-state index is 0.0212. The number of carboxylic acids is 1. The van der Waals surface area contributed by atoms with E-state index in [9.17, 15) is 19.8 Å². The molecular formula is C31H34N8O4. The van der Waals surface area contributed by atoms with E-state index in [4.69, 9.17) is 0 Å². The third kappa shape index (κ3) is 4.81. The fraction of sp³-hybridized carbons (Fsp3) is 0.387. The van der Waals surface area contributed by atoms with Crippen molar-refractivity contribution in [2.75, 3.05) is 49.1 Å². The molecule has 7 rings (SSSR count). The number of benzene rings is 1. The number of carboxylic acid groups (broad SMARTS) is 1. The molecule has 3 N–H and O–H groups in total. The van der Waals surface area contributed by atoms with Gasteiger partial charge in [-0.15, -0.1) is 5.10 Å². The van der Waals surface area contributed by atoms with E-state index in [1.165, 1.54) is 11.6 Å². The predicted octanol–water partition coefficient (Wildman–Crippen LogP) is 2.62. The van der Waals surface area contributed by atoms with Crippen LogP contribution in [0.25, 0.3) is 5.65 Å². The molecule has 3 fully saturated rings. The van der Waals surface area contributed by atoms with E-state index >= 15 is 0 Å². The van der Waals surface area contributed by atoms with Gasteiger partial charge in [0.2, 0.25) is 0 Å². The van der Waals surface area contributed by atoms with E-state index in [0.29, 0.717) is 31.1 Å². The van der Waals surface area contributed by atoms with Crippen LogP contribution >= 0.6 is 0 Å². The number of nitrogens with zero attached hydrogens (tertiary/aromatic N) is 7. The fourth-order valence-corrected chi connectivity index (χ4v) is 6.68. The van der Waals surface area contributed by atoms with Gasteiger partial charge in [-0.3, -0.25) is 0 Å². The summed E-state index contributed by atoms with van der Waals surface area (Å²) in [7, 11) is 0. The van der Waals surface area contributed by atoms with Gasteiger partial charge < -0.3 is 30.2 Å². The number of carbonyl (C=O) groups is 2. The molecule has 12 nitrogen and oxygen atoms in total. The van der Waals surface area contributed by atoms with Gasteiger partial charge in [0.1, 0.15) is 11.9 Å². The summed E-state index contributed by atoms with van der Waals surface area (Å²) in [6, 6.07) is 17.4. The molecule has 4 aromatic rings. The Morgan fingerprint density at radius 3 is 2.60 bits per heavy atom. The van der Waals surface area contributed by atoms with Gasteiger partial charge in [0, 0.05) is 38.1 Å². The molecule has 3 aliphatic heterocycles. The van der Waals surface area contributed by atoms with Crippen LogP contribution in [-0.4, -0.2) is 91.5 Å². The summed E-state index contributed by atoms with van der Waals surface area (Å²) < 4.78 is 1.73. The second-order valence-electron chi connectivity index (χ2n) is 12.4. The number of aryl methyl sites for hydroxylation is 1. The van der Waals surface area contributed by atoms with E-state index in [0.717, 1.165) is 30.8 Å². The molecule has 43 heavy (non-hydrogen) atoms. The molecule has 3 aromatic heterocycles. The first-order chi connectivity index (χ1) is 20.6. The zero-order chi connectivity index (χ0) is 29.9. The highest BCUT2D eigenvalue weighted by molar-refractivity contribution is 5.86. The zero-order valence-corrected chi connectivity index (χ0v) is 24.1. The van der Waals surface area contributed by atoms with E-state index in [-0.39, 0.29) is 29.5 Å². The van der Waals surface area contributed by atoms with Gasteiger partial charge in [-0.25, -0.2) is 24.1 Å². The molecule has 2 atom stereocenters. The lowest BCUT2D eigenvalue weighted by molar-refractivity contribution is 0.0690. The van der Waals surface area contributed by atoms with Crippen molar-refractivity contribution in [1.29, 1.82) is 0 Å². The predicted molar refractivity (Wildman–Crippen MR) is 160 cm³/mol. The van der Waals surface area contributed by atoms with Crippen LogP contribution in [0.4, 0.5) is 16.3 Å². The minimum Gasteiger partial charge on any atom is -0.477 e. The molecule has 6 heterocycles. The van der Waals surface area contributed by atoms with Crippen LogP contribution in [0.2, 0.25) is 0 Å². The molecule has 0 radical (unpaired) electrons. The van der Waals surface area contributed by atoms with Crippen molar-refractivity contribution in [2.24, 2.45) is 0 Å². The Morgan fingerprint density at radius 2 is 1.84 bits per heavy atom. The first kappa shape index (κ1) is 27.1. The molecule has 0 aliphatic carbocycles. The van der Waals surface area contributed by atoms with Crippen molar-refractivity contribution < 1.29 is 19.8 Å². The SMILES string of the molecule is Cc1cc(N2CC[C@@](C)(c3ccccc3)C2)cn2nc(C(O)CN3CC4(CN(c5cccc(C(=O)O)n5)C4)NC3=O)nc12. The number of amides is 2. The second kappa shape index (κ2) is 9.94. The Balaban J connectivity index is 1.02. The number of urea groups is 1. The van der Waals surface area contributed by atoms with Gasteiger partial charge in [-0.1, -0.05) is 43.3 Å². The molecule has 1 aromatic carbocycles. The van der Waals surface area contributed by atoms with Gasteiger partial charge in [-0.05, 0) is 42.7 Å². The summed E-state index contributed by atoms with van der Waals surface area (Å²) in [6.45, 7) is 7.60. The van der Waals surface area contributed by atoms with Crippen LogP contribution in [0, 0.1) is 6.92 Å². The number of β-amino-alcohol motifs (C(OH)–C–C–N with tert-alkyl or cyclic N) is 1. The topological polar surface area (TPSA) is 139 Å². The number of aliphatic hydroxyl groups excluding tert-OH is 1. The number of carbonyl (C=O) groups excluding carboxylic acids is 1. The maximum atomic E-state index is 12.8. The Morgan fingerprint density at radius 1 is 1.05 bits per heavy atom. The number of hydrogen-bond donors (Lipinski definition) is 3. The monoisotopic (exact) mass is 582 g/mol. The standard InChI is InChI=1S/C31H34N8O4/c1-20-13-22(36-12-11-30(2,16-36)21-7-4-3-5-8-21)14-39-27(20)33-26(35-39)24(40)15-37-17-31(34-29(37)43)18-38(19-31)25-10-6-9-23(32-25)28(41)42/h3-10,13-14,24,40H,11-12,15-19H2,1-2H3,(H,34,43)(H,41,42)/t24?,30-/m1/s1. The third-order valence-corrected chi connectivity index (χ3v) is 9.04. The van der Waals surface area contributed by atoms with E-state index in [2.05, 4.69) is 62.5 Å². The highest BCUT2D eigenvalue weighted by atomic mass is 16.4. The molecule has 0 bridgehead atoms. The van der Waals surface area contributed by atoms with Crippen LogP contribution in [0.15, 0.2) is 60.8 Å². The van der Waals surface area contributed by atoms with Gasteiger partial charge in [0.15, 0.2) is 17.2 Å². The highest BCUT2D eigenvalue weighted by Crippen LogP contribution is 2.37. The van der Waals surface area contributed by atoms with Gasteiger partial charge >= 0.3 is 12.0 Å². The molecule has 1 unspecified atom stereocenters. The van der Waals surface area contributed by atoms with Crippen molar-refractivity contribution in [3.8, 4) is 0 Å². The average Bonchev–Trinajstić information content (AvgIpc) is 3.69. The third-order valence-electron chi connectivity index (χ3n) is 9.04. The summed E-state index contributed by atoms with van der Waals surface area (Å²) in [5.74, 6) is -0.254. The van der Waals surface area contributed by atoms with E-state index in [1.54, 1.807) is 21.5 Å². The average molecular weight is 583 g/mol. The highest BCUT2D eigenvalue weighted by Gasteiger charge is 2.51. The molecular weight excluding hydrogens is 548 g/mol. The lowest BCUT2D eigenvalue weighted by Gasteiger charge is -2.47. The molecule has 3 saturated heterocycles. The number of pyridine rings is 2. The fourth-order valence-electron chi connectivity index (χ4n) is 6.68. The Bertz CT molecular complexity index is 1720. The lowest BCUT2D eigenvalue weighted by atomic mass is 9.82. The molecule has 3 aliphatic rings. The number of hydrogen-bond acceptors (Lipinski definition) is 8. The summed E-state index contributed by atoms with van der Waals surface area (Å²) in [5.41, 5.74) is 3.60. The Hall–Kier alpha value is -4.71. The van der Waals surface area contributed by atoms with Crippen molar-refractivity contribution >= 4 is 29.2 Å². The van der Waals surface area contributed by atoms with Crippen molar-refractivity contribution in [3.05, 3.63) is 83.4 Å².